The van der Waals surface area contributed by atoms with Crippen molar-refractivity contribution in [1.29, 1.82) is 0 Å². The summed E-state index contributed by atoms with van der Waals surface area (Å²) in [5.74, 6) is 3.64. The molecule has 0 bridgehead atoms. The highest BCUT2D eigenvalue weighted by atomic mass is 16.5. The molecule has 1 aromatic carbocycles. The van der Waals surface area contributed by atoms with Gasteiger partial charge in [0, 0.05) is 19.2 Å². The van der Waals surface area contributed by atoms with E-state index < -0.39 is 0 Å². The Labute approximate surface area is 164 Å². The largest absolute Gasteiger partial charge is 0.503 e. The minimum Gasteiger partial charge on any atom is -0.503 e. The topological polar surface area (TPSA) is 73.3 Å². The van der Waals surface area contributed by atoms with Crippen molar-refractivity contribution in [1.82, 2.24) is 9.88 Å². The summed E-state index contributed by atoms with van der Waals surface area (Å²) in [6.07, 6.45) is 2.41. The number of aromatic hydroxyl groups is 1. The van der Waals surface area contributed by atoms with Crippen molar-refractivity contribution in [3.05, 3.63) is 36.4 Å². The first kappa shape index (κ1) is 18.7. The maximum atomic E-state index is 9.61. The Hall–Kier alpha value is -2.67. The standard InChI is InChI=1S/C21H26N2O5/c1-25-16-3-5-17(6-4-16)28-18-9-14-11-23(12-15(14)10-18)13-27-20-8-7-19(24)21(22-20)26-2/h3-8,14-15,18,24H,9-13H2,1-2H3/t14-,15+,18?. The van der Waals surface area contributed by atoms with Crippen LogP contribution in [0.15, 0.2) is 36.4 Å². The van der Waals surface area contributed by atoms with E-state index in [9.17, 15) is 5.11 Å². The van der Waals surface area contributed by atoms with Crippen LogP contribution in [0.1, 0.15) is 12.8 Å². The number of benzene rings is 1. The Morgan fingerprint density at radius 3 is 2.29 bits per heavy atom. The predicted molar refractivity (Wildman–Crippen MR) is 103 cm³/mol. The number of aromatic nitrogens is 1. The number of fused-ring (bicyclic) bond motifs is 1. The van der Waals surface area contributed by atoms with E-state index in [1.807, 2.05) is 24.3 Å². The average Bonchev–Trinajstić information content (AvgIpc) is 3.26. The molecule has 1 unspecified atom stereocenters. The van der Waals surface area contributed by atoms with Crippen LogP contribution in [0.25, 0.3) is 0 Å². The Balaban J connectivity index is 1.25. The molecule has 150 valence electrons. The molecular weight excluding hydrogens is 360 g/mol. The maximum absolute atomic E-state index is 9.61. The first-order chi connectivity index (χ1) is 13.6. The van der Waals surface area contributed by atoms with Gasteiger partial charge in [-0.25, -0.2) is 0 Å². The third kappa shape index (κ3) is 4.09. The molecule has 7 heteroatoms. The summed E-state index contributed by atoms with van der Waals surface area (Å²) in [5.41, 5.74) is 0. The number of hydrogen-bond acceptors (Lipinski definition) is 7. The van der Waals surface area contributed by atoms with Crippen LogP contribution in [0.5, 0.6) is 29.0 Å². The van der Waals surface area contributed by atoms with E-state index in [4.69, 9.17) is 18.9 Å². The number of hydrogen-bond donors (Lipinski definition) is 1. The third-order valence-corrected chi connectivity index (χ3v) is 5.55. The summed E-state index contributed by atoms with van der Waals surface area (Å²) in [5, 5.41) is 9.61. The van der Waals surface area contributed by atoms with Crippen LogP contribution in [0.3, 0.4) is 0 Å². The van der Waals surface area contributed by atoms with Gasteiger partial charge in [-0.15, -0.1) is 0 Å². The van der Waals surface area contributed by atoms with Gasteiger partial charge >= 0.3 is 0 Å². The third-order valence-electron chi connectivity index (χ3n) is 5.55. The molecule has 2 aromatic rings. The number of pyridine rings is 1. The van der Waals surface area contributed by atoms with Gasteiger partial charge in [0.1, 0.15) is 18.2 Å². The molecule has 0 radical (unpaired) electrons. The van der Waals surface area contributed by atoms with Crippen molar-refractivity contribution in [2.24, 2.45) is 11.8 Å². The van der Waals surface area contributed by atoms with Crippen LogP contribution in [0, 0.1) is 11.8 Å². The summed E-state index contributed by atoms with van der Waals surface area (Å²) in [7, 11) is 3.13. The molecule has 1 aromatic heterocycles. The smallest absolute Gasteiger partial charge is 0.259 e. The molecule has 1 saturated carbocycles. The Bertz CT molecular complexity index is 784. The first-order valence-electron chi connectivity index (χ1n) is 9.54. The highest BCUT2D eigenvalue weighted by Crippen LogP contribution is 2.40. The normalized spacial score (nSPS) is 24.0. The zero-order chi connectivity index (χ0) is 19.5. The molecule has 3 atom stereocenters. The average molecular weight is 386 g/mol. The second-order valence-electron chi connectivity index (χ2n) is 7.39. The number of nitrogens with zero attached hydrogens (tertiary/aromatic N) is 2. The van der Waals surface area contributed by atoms with Gasteiger partial charge in [0.2, 0.25) is 5.88 Å². The van der Waals surface area contributed by atoms with Gasteiger partial charge in [0.25, 0.3) is 5.88 Å². The summed E-state index contributed by atoms with van der Waals surface area (Å²) >= 11 is 0. The number of rotatable bonds is 7. The fourth-order valence-electron chi connectivity index (χ4n) is 4.19. The Morgan fingerprint density at radius 1 is 0.964 bits per heavy atom. The summed E-state index contributed by atoms with van der Waals surface area (Å²) in [6, 6.07) is 11.0. The number of methoxy groups -OCH3 is 2. The summed E-state index contributed by atoms with van der Waals surface area (Å²) < 4.78 is 22.1. The molecule has 2 heterocycles. The second-order valence-corrected chi connectivity index (χ2v) is 7.39. The van der Waals surface area contributed by atoms with E-state index in [1.54, 1.807) is 13.2 Å². The fraction of sp³-hybridized carbons (Fsp3) is 0.476. The lowest BCUT2D eigenvalue weighted by Crippen LogP contribution is -2.28. The lowest BCUT2D eigenvalue weighted by molar-refractivity contribution is 0.124. The van der Waals surface area contributed by atoms with E-state index in [0.717, 1.165) is 37.4 Å². The van der Waals surface area contributed by atoms with Gasteiger partial charge in [-0.3, -0.25) is 4.90 Å². The minimum atomic E-state index is 0.00783. The number of ether oxygens (including phenoxy) is 4. The van der Waals surface area contributed by atoms with Gasteiger partial charge in [-0.1, -0.05) is 0 Å². The van der Waals surface area contributed by atoms with E-state index in [1.165, 1.54) is 13.2 Å². The van der Waals surface area contributed by atoms with E-state index >= 15 is 0 Å². The maximum Gasteiger partial charge on any atom is 0.259 e. The van der Waals surface area contributed by atoms with Crippen molar-refractivity contribution >= 4 is 0 Å². The quantitative estimate of drug-likeness (QED) is 0.784. The van der Waals surface area contributed by atoms with Gasteiger partial charge in [-0.2, -0.15) is 4.98 Å². The molecule has 28 heavy (non-hydrogen) atoms. The Morgan fingerprint density at radius 2 is 1.64 bits per heavy atom. The highest BCUT2D eigenvalue weighted by molar-refractivity contribution is 5.35. The van der Waals surface area contributed by atoms with Crippen molar-refractivity contribution in [3.63, 3.8) is 0 Å². The van der Waals surface area contributed by atoms with Gasteiger partial charge in [0.15, 0.2) is 5.75 Å². The van der Waals surface area contributed by atoms with Crippen molar-refractivity contribution in [2.45, 2.75) is 18.9 Å². The minimum absolute atomic E-state index is 0.00783. The molecule has 4 rings (SSSR count). The molecule has 2 aliphatic rings. The van der Waals surface area contributed by atoms with Crippen LogP contribution in [0.4, 0.5) is 0 Å². The SMILES string of the molecule is COc1ccc(OC2C[C@@H]3CN(COc4ccc(O)c(OC)n4)C[C@@H]3C2)cc1. The highest BCUT2D eigenvalue weighted by Gasteiger charge is 2.41. The van der Waals surface area contributed by atoms with E-state index in [2.05, 4.69) is 9.88 Å². The van der Waals surface area contributed by atoms with Gasteiger partial charge < -0.3 is 24.1 Å². The zero-order valence-corrected chi connectivity index (χ0v) is 16.2. The lowest BCUT2D eigenvalue weighted by atomic mass is 10.0. The number of likely N-dealkylation sites (tertiary alicyclic amines) is 1. The molecule has 0 spiro atoms. The molecule has 1 aliphatic carbocycles. The molecule has 0 amide bonds. The van der Waals surface area contributed by atoms with Crippen LogP contribution >= 0.6 is 0 Å². The van der Waals surface area contributed by atoms with Gasteiger partial charge in [-0.05, 0) is 55.0 Å². The zero-order valence-electron chi connectivity index (χ0n) is 16.2. The van der Waals surface area contributed by atoms with E-state index in [0.29, 0.717) is 24.4 Å². The van der Waals surface area contributed by atoms with Crippen LogP contribution in [-0.4, -0.2) is 55.1 Å². The van der Waals surface area contributed by atoms with Crippen LogP contribution in [0.2, 0.25) is 0 Å². The fourth-order valence-corrected chi connectivity index (χ4v) is 4.19. The summed E-state index contributed by atoms with van der Waals surface area (Å²) in [6.45, 7) is 2.49. The van der Waals surface area contributed by atoms with Crippen molar-refractivity contribution in [2.75, 3.05) is 34.0 Å². The molecule has 1 saturated heterocycles. The van der Waals surface area contributed by atoms with Crippen molar-refractivity contribution < 1.29 is 24.1 Å². The van der Waals surface area contributed by atoms with Crippen LogP contribution < -0.4 is 18.9 Å². The molecule has 1 aliphatic heterocycles. The molecule has 7 nitrogen and oxygen atoms in total. The molecule has 1 N–H and O–H groups in total. The predicted octanol–water partition coefficient (Wildman–Crippen LogP) is 2.93. The first-order valence-corrected chi connectivity index (χ1v) is 9.54. The van der Waals surface area contributed by atoms with Crippen molar-refractivity contribution in [3.8, 4) is 29.0 Å². The molecular formula is C21H26N2O5. The van der Waals surface area contributed by atoms with Crippen LogP contribution in [-0.2, 0) is 0 Å². The molecule has 2 fully saturated rings. The monoisotopic (exact) mass is 386 g/mol. The lowest BCUT2D eigenvalue weighted by Gasteiger charge is -2.20. The van der Waals surface area contributed by atoms with E-state index in [-0.39, 0.29) is 17.7 Å². The van der Waals surface area contributed by atoms with Gasteiger partial charge in [0.05, 0.1) is 20.3 Å². The Kier molecular flexibility index (Phi) is 5.43. The second kappa shape index (κ2) is 8.14. The summed E-state index contributed by atoms with van der Waals surface area (Å²) in [4.78, 5) is 6.45.